The number of pyridine rings is 1. The fourth-order valence-corrected chi connectivity index (χ4v) is 3.04. The molecule has 0 aliphatic rings. The van der Waals surface area contributed by atoms with Crippen molar-refractivity contribution in [3.8, 4) is 0 Å². The number of allylic oxidation sites excluding steroid dienone is 3. The molecule has 6 heteroatoms. The minimum Gasteiger partial charge on any atom is -0.457 e. The highest BCUT2D eigenvalue weighted by Crippen LogP contribution is 2.18. The van der Waals surface area contributed by atoms with Crippen molar-refractivity contribution in [1.29, 1.82) is 0 Å². The lowest BCUT2D eigenvalue weighted by Crippen LogP contribution is -2.14. The second kappa shape index (κ2) is 16.6. The van der Waals surface area contributed by atoms with Crippen molar-refractivity contribution in [2.45, 2.75) is 33.8 Å². The van der Waals surface area contributed by atoms with Crippen LogP contribution in [0.5, 0.6) is 0 Å². The highest BCUT2D eigenvalue weighted by Gasteiger charge is 2.09. The van der Waals surface area contributed by atoms with Gasteiger partial charge >= 0.3 is 5.97 Å². The molecule has 2 aromatic carbocycles. The molecule has 1 aromatic heterocycles. The van der Waals surface area contributed by atoms with Crippen LogP contribution < -0.4 is 11.1 Å². The number of nitrogens with one attached hydrogen (secondary N) is 1. The monoisotopic (exact) mass is 473 g/mol. The Morgan fingerprint density at radius 1 is 1.03 bits per heavy atom. The van der Waals surface area contributed by atoms with E-state index in [0.29, 0.717) is 5.57 Å². The average molecular weight is 474 g/mol. The van der Waals surface area contributed by atoms with Crippen LogP contribution >= 0.6 is 0 Å². The Labute approximate surface area is 208 Å². The molecule has 0 bridgehead atoms. The normalized spacial score (nSPS) is 10.5. The molecule has 0 aliphatic carbocycles. The lowest BCUT2D eigenvalue weighted by Gasteiger charge is -2.08. The first-order valence-electron chi connectivity index (χ1n) is 11.5. The number of fused-ring (bicyclic) bond motifs is 1. The van der Waals surface area contributed by atoms with Crippen LogP contribution in [-0.2, 0) is 27.4 Å². The van der Waals surface area contributed by atoms with Gasteiger partial charge in [0.15, 0.2) is 0 Å². The molecule has 3 aromatic rings. The van der Waals surface area contributed by atoms with Gasteiger partial charge in [0.25, 0.3) is 0 Å². The van der Waals surface area contributed by atoms with Crippen molar-refractivity contribution in [3.63, 3.8) is 0 Å². The third-order valence-corrected chi connectivity index (χ3v) is 4.56. The van der Waals surface area contributed by atoms with Gasteiger partial charge in [-0.15, -0.1) is 0 Å². The molecular formula is C29H35N3O3. The Kier molecular flexibility index (Phi) is 13.7. The maximum absolute atomic E-state index is 12.4. The van der Waals surface area contributed by atoms with E-state index in [4.69, 9.17) is 4.74 Å². The summed E-state index contributed by atoms with van der Waals surface area (Å²) < 4.78 is 5.34. The Balaban J connectivity index is 0.00000145. The predicted octanol–water partition coefficient (Wildman–Crippen LogP) is 5.75. The Morgan fingerprint density at radius 3 is 2.37 bits per heavy atom. The van der Waals surface area contributed by atoms with Crippen molar-refractivity contribution >= 4 is 28.3 Å². The third-order valence-electron chi connectivity index (χ3n) is 4.56. The van der Waals surface area contributed by atoms with E-state index < -0.39 is 5.97 Å². The van der Waals surface area contributed by atoms with Gasteiger partial charge in [-0.2, -0.15) is 0 Å². The predicted molar refractivity (Wildman–Crippen MR) is 145 cm³/mol. The molecule has 6 nitrogen and oxygen atoms in total. The minimum absolute atomic E-state index is 0.0989. The van der Waals surface area contributed by atoms with Crippen LogP contribution in [0.15, 0.2) is 97.4 Å². The Bertz CT molecular complexity index is 1150. The van der Waals surface area contributed by atoms with Crippen molar-refractivity contribution in [2.75, 3.05) is 12.4 Å². The first kappa shape index (κ1) is 29.0. The second-order valence-corrected chi connectivity index (χ2v) is 6.91. The molecule has 0 unspecified atom stereocenters. The molecule has 0 aliphatic heterocycles. The summed E-state index contributed by atoms with van der Waals surface area (Å²) in [6.45, 7) is 9.59. The van der Waals surface area contributed by atoms with E-state index in [1.807, 2.05) is 69.3 Å². The number of carbonyl (C=O) groups excluding carboxylic acids is 2. The first-order valence-corrected chi connectivity index (χ1v) is 11.5. The zero-order chi connectivity index (χ0) is 26.1. The van der Waals surface area contributed by atoms with Gasteiger partial charge in [0.1, 0.15) is 6.61 Å². The number of esters is 1. The summed E-state index contributed by atoms with van der Waals surface area (Å²) in [5.74, 6) is -0.509. The number of hydrogen-bond donors (Lipinski definition) is 2. The van der Waals surface area contributed by atoms with Crippen LogP contribution in [0.25, 0.3) is 10.8 Å². The van der Waals surface area contributed by atoms with Crippen LogP contribution in [0, 0.1) is 0 Å². The summed E-state index contributed by atoms with van der Waals surface area (Å²) in [7, 11) is 1.50. The summed E-state index contributed by atoms with van der Waals surface area (Å²) in [6.07, 6.45) is 10.4. The molecule has 0 atom stereocenters. The van der Waals surface area contributed by atoms with Gasteiger partial charge in [-0.1, -0.05) is 69.0 Å². The molecule has 0 saturated heterocycles. The van der Waals surface area contributed by atoms with Gasteiger partial charge < -0.3 is 15.8 Å². The molecule has 0 radical (unpaired) electrons. The zero-order valence-corrected chi connectivity index (χ0v) is 21.0. The van der Waals surface area contributed by atoms with Crippen LogP contribution in [0.4, 0.5) is 5.69 Å². The molecule has 0 fully saturated rings. The maximum Gasteiger partial charge on any atom is 0.338 e. The summed E-state index contributed by atoms with van der Waals surface area (Å²) in [6, 6.07) is 15.1. The summed E-state index contributed by atoms with van der Waals surface area (Å²) in [4.78, 5) is 28.6. The molecule has 3 N–H and O–H groups in total. The van der Waals surface area contributed by atoms with Gasteiger partial charge in [-0.25, -0.2) is 4.79 Å². The fraction of sp³-hybridized carbons (Fsp3) is 0.207. The van der Waals surface area contributed by atoms with Crippen molar-refractivity contribution < 1.29 is 14.3 Å². The quantitative estimate of drug-likeness (QED) is 0.247. The van der Waals surface area contributed by atoms with Crippen LogP contribution in [-0.4, -0.2) is 23.9 Å². The number of anilines is 1. The number of aromatic nitrogens is 1. The highest BCUT2D eigenvalue weighted by molar-refractivity contribution is 5.95. The number of amides is 1. The molecule has 1 amide bonds. The maximum atomic E-state index is 12.4. The molecule has 3 rings (SSSR count). The molecule has 1 heterocycles. The van der Waals surface area contributed by atoms with Gasteiger partial charge in [0.2, 0.25) is 5.91 Å². The van der Waals surface area contributed by atoms with Crippen molar-refractivity contribution in [1.82, 2.24) is 4.98 Å². The van der Waals surface area contributed by atoms with Gasteiger partial charge in [0, 0.05) is 23.5 Å². The highest BCUT2D eigenvalue weighted by atomic mass is 16.5. The number of nitrogens with zero attached hydrogens (tertiary/aromatic N) is 1. The Morgan fingerprint density at radius 2 is 1.71 bits per heavy atom. The SMILES string of the molecule is C=C/C=C(\C=C/C)C(=O)OCc1ccc(CC(=O)Nc2ccc3cnccc3c2)cc1.CC.CN. The van der Waals surface area contributed by atoms with Crippen LogP contribution in [0.1, 0.15) is 31.9 Å². The largest absolute Gasteiger partial charge is 0.457 e. The topological polar surface area (TPSA) is 94.3 Å². The molecular weight excluding hydrogens is 438 g/mol. The molecule has 184 valence electrons. The van der Waals surface area contributed by atoms with E-state index in [0.717, 1.165) is 27.6 Å². The van der Waals surface area contributed by atoms with Crippen molar-refractivity contribution in [2.24, 2.45) is 5.73 Å². The number of carbonyl (C=O) groups is 2. The van der Waals surface area contributed by atoms with E-state index in [2.05, 4.69) is 22.6 Å². The Hall–Kier alpha value is -4.03. The standard InChI is InChI=1S/C26H24N2O3.C2H6.CH5N/c1-3-5-21(6-4-2)26(30)31-18-20-9-7-19(8-10-20)15-25(29)28-24-12-11-23-17-27-14-13-22(23)16-24;2*1-2/h3-14,16-17H,1,15,18H2,2H3,(H,28,29);1-2H3;2H2,1H3/b6-4-,21-5+;;. The summed E-state index contributed by atoms with van der Waals surface area (Å²) >= 11 is 0. The number of hydrogen-bond acceptors (Lipinski definition) is 5. The van der Waals surface area contributed by atoms with Crippen LogP contribution in [0.2, 0.25) is 0 Å². The summed E-state index contributed by atoms with van der Waals surface area (Å²) in [5.41, 5.74) is 7.41. The number of ether oxygens (including phenoxy) is 1. The van der Waals surface area contributed by atoms with Crippen LogP contribution in [0.3, 0.4) is 0 Å². The van der Waals surface area contributed by atoms with Gasteiger partial charge in [-0.05, 0) is 54.8 Å². The molecule has 0 saturated carbocycles. The van der Waals surface area contributed by atoms with E-state index in [1.165, 1.54) is 7.05 Å². The second-order valence-electron chi connectivity index (χ2n) is 6.91. The smallest absolute Gasteiger partial charge is 0.338 e. The van der Waals surface area contributed by atoms with E-state index in [9.17, 15) is 9.59 Å². The van der Waals surface area contributed by atoms with E-state index >= 15 is 0 Å². The molecule has 0 spiro atoms. The zero-order valence-electron chi connectivity index (χ0n) is 21.0. The van der Waals surface area contributed by atoms with Gasteiger partial charge in [-0.3, -0.25) is 9.78 Å². The third kappa shape index (κ3) is 9.78. The van der Waals surface area contributed by atoms with E-state index in [1.54, 1.807) is 36.7 Å². The number of nitrogens with two attached hydrogens (primary N) is 1. The van der Waals surface area contributed by atoms with Crippen molar-refractivity contribution in [3.05, 3.63) is 109 Å². The first-order chi connectivity index (χ1) is 17.1. The molecule has 35 heavy (non-hydrogen) atoms. The minimum atomic E-state index is -0.410. The summed E-state index contributed by atoms with van der Waals surface area (Å²) in [5, 5.41) is 4.97. The number of rotatable bonds is 8. The average Bonchev–Trinajstić information content (AvgIpc) is 2.90. The number of benzene rings is 2. The lowest BCUT2D eigenvalue weighted by molar-refractivity contribution is -0.139. The van der Waals surface area contributed by atoms with E-state index in [-0.39, 0.29) is 18.9 Å². The lowest BCUT2D eigenvalue weighted by atomic mass is 10.1. The van der Waals surface area contributed by atoms with Gasteiger partial charge in [0.05, 0.1) is 12.0 Å². The fourth-order valence-electron chi connectivity index (χ4n) is 3.04.